The lowest BCUT2D eigenvalue weighted by molar-refractivity contribution is 0.0937. The quantitative estimate of drug-likeness (QED) is 0.788. The van der Waals surface area contributed by atoms with Crippen molar-refractivity contribution in [3.8, 4) is 0 Å². The summed E-state index contributed by atoms with van der Waals surface area (Å²) in [7, 11) is 0. The van der Waals surface area contributed by atoms with E-state index in [9.17, 15) is 4.79 Å². The van der Waals surface area contributed by atoms with Crippen molar-refractivity contribution in [2.75, 3.05) is 5.73 Å². The number of amides is 1. The molecule has 1 aromatic heterocycles. The van der Waals surface area contributed by atoms with Crippen molar-refractivity contribution < 1.29 is 4.79 Å². The average molecular weight is 284 g/mol. The van der Waals surface area contributed by atoms with E-state index in [1.165, 1.54) is 18.6 Å². The van der Waals surface area contributed by atoms with E-state index in [4.69, 9.17) is 17.3 Å². The zero-order valence-corrected chi connectivity index (χ0v) is 12.5. The molecule has 19 heavy (non-hydrogen) atoms. The van der Waals surface area contributed by atoms with Gasteiger partial charge in [0.25, 0.3) is 5.91 Å². The van der Waals surface area contributed by atoms with Crippen molar-refractivity contribution in [3.05, 3.63) is 22.8 Å². The summed E-state index contributed by atoms with van der Waals surface area (Å²) in [4.78, 5) is 15.8. The third-order valence-corrected chi connectivity index (χ3v) is 3.07. The van der Waals surface area contributed by atoms with Crippen LogP contribution in [0.2, 0.25) is 5.15 Å². The Hall–Kier alpha value is -1.29. The summed E-state index contributed by atoms with van der Waals surface area (Å²) in [6.07, 6.45) is 3.25. The molecule has 4 nitrogen and oxygen atoms in total. The number of hydrogen-bond donors (Lipinski definition) is 2. The van der Waals surface area contributed by atoms with E-state index in [1.54, 1.807) is 0 Å². The zero-order chi connectivity index (χ0) is 14.4. The highest BCUT2D eigenvalue weighted by molar-refractivity contribution is 6.29. The van der Waals surface area contributed by atoms with Crippen molar-refractivity contribution in [3.63, 3.8) is 0 Å². The van der Waals surface area contributed by atoms with Crippen LogP contribution in [0.15, 0.2) is 12.1 Å². The molecule has 0 aliphatic rings. The SMILES string of the molecule is CC(C)CCCC(C)NC(=O)c1cc(N)nc(Cl)c1. The minimum Gasteiger partial charge on any atom is -0.384 e. The number of carbonyl (C=O) groups excluding carboxylic acids is 1. The third-order valence-electron chi connectivity index (χ3n) is 2.87. The first-order chi connectivity index (χ1) is 8.88. The Kier molecular flexibility index (Phi) is 6.09. The molecule has 106 valence electrons. The normalized spacial score (nSPS) is 12.5. The minimum absolute atomic E-state index is 0.138. The molecule has 1 heterocycles. The molecule has 1 rings (SSSR count). The number of nitrogens with two attached hydrogens (primary N) is 1. The number of aromatic nitrogens is 1. The molecule has 1 atom stereocenters. The maximum Gasteiger partial charge on any atom is 0.251 e. The number of hydrogen-bond acceptors (Lipinski definition) is 3. The molecule has 3 N–H and O–H groups in total. The summed E-state index contributed by atoms with van der Waals surface area (Å²) in [6.45, 7) is 6.40. The molecule has 0 spiro atoms. The van der Waals surface area contributed by atoms with Crippen LogP contribution in [0.3, 0.4) is 0 Å². The van der Waals surface area contributed by atoms with Gasteiger partial charge in [0.15, 0.2) is 0 Å². The molecule has 0 radical (unpaired) electrons. The summed E-state index contributed by atoms with van der Waals surface area (Å²) in [6, 6.07) is 3.19. The van der Waals surface area contributed by atoms with E-state index in [1.807, 2.05) is 6.92 Å². The largest absolute Gasteiger partial charge is 0.384 e. The van der Waals surface area contributed by atoms with Gasteiger partial charge in [0.05, 0.1) is 0 Å². The van der Waals surface area contributed by atoms with Crippen molar-refractivity contribution in [2.45, 2.75) is 46.1 Å². The number of nitrogens with zero attached hydrogens (tertiary/aromatic N) is 1. The molecule has 1 amide bonds. The summed E-state index contributed by atoms with van der Waals surface area (Å²) in [5.74, 6) is 0.792. The van der Waals surface area contributed by atoms with Crippen molar-refractivity contribution >= 4 is 23.3 Å². The van der Waals surface area contributed by atoms with Crippen LogP contribution >= 0.6 is 11.6 Å². The van der Waals surface area contributed by atoms with Crippen LogP contribution in [-0.4, -0.2) is 16.9 Å². The van der Waals surface area contributed by atoms with Crippen LogP contribution in [0.5, 0.6) is 0 Å². The van der Waals surface area contributed by atoms with Crippen LogP contribution in [0, 0.1) is 5.92 Å². The van der Waals surface area contributed by atoms with Crippen LogP contribution in [0.1, 0.15) is 50.4 Å². The highest BCUT2D eigenvalue weighted by atomic mass is 35.5. The lowest BCUT2D eigenvalue weighted by Gasteiger charge is -2.14. The smallest absolute Gasteiger partial charge is 0.251 e. The lowest BCUT2D eigenvalue weighted by atomic mass is 10.0. The van der Waals surface area contributed by atoms with E-state index < -0.39 is 0 Å². The predicted octanol–water partition coefficient (Wildman–Crippen LogP) is 3.26. The van der Waals surface area contributed by atoms with Gasteiger partial charge in [0.1, 0.15) is 11.0 Å². The van der Waals surface area contributed by atoms with E-state index >= 15 is 0 Å². The van der Waals surface area contributed by atoms with Gasteiger partial charge in [0.2, 0.25) is 0 Å². The van der Waals surface area contributed by atoms with Gasteiger partial charge in [0, 0.05) is 11.6 Å². The van der Waals surface area contributed by atoms with Crippen molar-refractivity contribution in [1.82, 2.24) is 10.3 Å². The fourth-order valence-electron chi connectivity index (χ4n) is 1.86. The van der Waals surface area contributed by atoms with E-state index in [-0.39, 0.29) is 22.9 Å². The monoisotopic (exact) mass is 283 g/mol. The summed E-state index contributed by atoms with van der Waals surface area (Å²) < 4.78 is 0. The Morgan fingerprint density at radius 2 is 2.05 bits per heavy atom. The van der Waals surface area contributed by atoms with Crippen LogP contribution in [-0.2, 0) is 0 Å². The Labute approximate surface area is 119 Å². The van der Waals surface area contributed by atoms with E-state index in [2.05, 4.69) is 24.1 Å². The molecule has 0 aliphatic carbocycles. The molecule has 0 fully saturated rings. The first-order valence-corrected chi connectivity index (χ1v) is 7.00. The highest BCUT2D eigenvalue weighted by Crippen LogP contribution is 2.13. The number of halogens is 1. The Balaban J connectivity index is 2.49. The molecule has 0 aromatic carbocycles. The van der Waals surface area contributed by atoms with Gasteiger partial charge in [-0.1, -0.05) is 38.3 Å². The molecule has 0 bridgehead atoms. The molecule has 1 aromatic rings. The number of nitrogen functional groups attached to an aromatic ring is 1. The fourth-order valence-corrected chi connectivity index (χ4v) is 2.07. The molecule has 0 saturated carbocycles. The standard InChI is InChI=1S/C14H22ClN3O/c1-9(2)5-4-6-10(3)17-14(19)11-7-12(15)18-13(16)8-11/h7-10H,4-6H2,1-3H3,(H2,16,18)(H,17,19). The van der Waals surface area contributed by atoms with Gasteiger partial charge in [-0.2, -0.15) is 0 Å². The topological polar surface area (TPSA) is 68.0 Å². The number of carbonyl (C=O) groups is 1. The van der Waals surface area contributed by atoms with Gasteiger partial charge in [-0.05, 0) is 31.4 Å². The average Bonchev–Trinajstić information content (AvgIpc) is 2.26. The number of nitrogens with one attached hydrogen (secondary N) is 1. The highest BCUT2D eigenvalue weighted by Gasteiger charge is 2.11. The Morgan fingerprint density at radius 3 is 2.63 bits per heavy atom. The van der Waals surface area contributed by atoms with Crippen molar-refractivity contribution in [1.29, 1.82) is 0 Å². The first-order valence-electron chi connectivity index (χ1n) is 6.62. The van der Waals surface area contributed by atoms with Crippen LogP contribution in [0.25, 0.3) is 0 Å². The summed E-state index contributed by atoms with van der Waals surface area (Å²) in [5, 5.41) is 3.18. The Bertz CT molecular complexity index is 414. The van der Waals surface area contributed by atoms with Crippen LogP contribution in [0.4, 0.5) is 5.82 Å². The van der Waals surface area contributed by atoms with Gasteiger partial charge in [-0.15, -0.1) is 0 Å². The third kappa shape index (κ3) is 5.92. The van der Waals surface area contributed by atoms with Gasteiger partial charge >= 0.3 is 0 Å². The van der Waals surface area contributed by atoms with Gasteiger partial charge < -0.3 is 11.1 Å². The zero-order valence-electron chi connectivity index (χ0n) is 11.7. The molecular weight excluding hydrogens is 262 g/mol. The summed E-state index contributed by atoms with van der Waals surface area (Å²) >= 11 is 5.78. The van der Waals surface area contributed by atoms with E-state index in [0.29, 0.717) is 11.5 Å². The van der Waals surface area contributed by atoms with E-state index in [0.717, 1.165) is 12.8 Å². The molecule has 5 heteroatoms. The maximum absolute atomic E-state index is 12.0. The predicted molar refractivity (Wildman–Crippen MR) is 79.3 cm³/mol. The van der Waals surface area contributed by atoms with Crippen LogP contribution < -0.4 is 11.1 Å². The molecule has 1 unspecified atom stereocenters. The Morgan fingerprint density at radius 1 is 1.37 bits per heavy atom. The number of anilines is 1. The lowest BCUT2D eigenvalue weighted by Crippen LogP contribution is -2.32. The number of pyridine rings is 1. The first kappa shape index (κ1) is 15.8. The molecular formula is C14H22ClN3O. The molecule has 0 saturated heterocycles. The second kappa shape index (κ2) is 7.34. The maximum atomic E-state index is 12.0. The van der Waals surface area contributed by atoms with Gasteiger partial charge in [-0.25, -0.2) is 4.98 Å². The minimum atomic E-state index is -0.159. The fraction of sp³-hybridized carbons (Fsp3) is 0.571. The van der Waals surface area contributed by atoms with Gasteiger partial charge in [-0.3, -0.25) is 4.79 Å². The second-order valence-corrected chi connectivity index (χ2v) is 5.69. The second-order valence-electron chi connectivity index (χ2n) is 5.30. The number of rotatable bonds is 6. The molecule has 0 aliphatic heterocycles. The summed E-state index contributed by atoms with van der Waals surface area (Å²) in [5.41, 5.74) is 6.02. The van der Waals surface area contributed by atoms with Crippen molar-refractivity contribution in [2.24, 2.45) is 5.92 Å².